The minimum absolute atomic E-state index is 0.0573. The topological polar surface area (TPSA) is 61.4 Å². The second-order valence-corrected chi connectivity index (χ2v) is 5.86. The van der Waals surface area contributed by atoms with Gasteiger partial charge in [-0.05, 0) is 62.9 Å². The number of phenolic OH excluding ortho intramolecular Hbond substituents is 1. The second-order valence-electron chi connectivity index (χ2n) is 3.54. The Morgan fingerprint density at radius 3 is 2.50 bits per heavy atom. The van der Waals surface area contributed by atoms with Gasteiger partial charge in [-0.1, -0.05) is 0 Å². The van der Waals surface area contributed by atoms with Gasteiger partial charge in [-0.25, -0.2) is 0 Å². The lowest BCUT2D eigenvalue weighted by atomic mass is 10.1. The number of carbonyl (C=O) groups excluding carboxylic acids is 1. The number of hydrogen-bond acceptors (Lipinski definition) is 3. The van der Waals surface area contributed by atoms with Crippen LogP contribution in [0.2, 0.25) is 0 Å². The molecule has 1 aliphatic heterocycles. The fourth-order valence-electron chi connectivity index (χ4n) is 1.57. The second kappa shape index (κ2) is 5.05. The molecule has 1 aliphatic rings. The van der Waals surface area contributed by atoms with Crippen LogP contribution >= 0.6 is 45.2 Å². The average molecular weight is 444 g/mol. The number of nitrogens with one attached hydrogen (secondary N) is 2. The highest BCUT2D eigenvalue weighted by atomic mass is 127. The first-order chi connectivity index (χ1) is 7.58. The van der Waals surface area contributed by atoms with Crippen LogP contribution in [0, 0.1) is 7.14 Å². The number of benzene rings is 1. The van der Waals surface area contributed by atoms with Gasteiger partial charge < -0.3 is 10.4 Å². The molecule has 0 aliphatic carbocycles. The van der Waals surface area contributed by atoms with Crippen LogP contribution in [0.4, 0.5) is 0 Å². The van der Waals surface area contributed by atoms with E-state index in [4.69, 9.17) is 0 Å². The monoisotopic (exact) mass is 444 g/mol. The Hall–Kier alpha value is -0.0900. The Bertz CT molecular complexity index is 414. The van der Waals surface area contributed by atoms with Crippen molar-refractivity contribution in [1.29, 1.82) is 0 Å². The zero-order valence-corrected chi connectivity index (χ0v) is 12.6. The lowest BCUT2D eigenvalue weighted by molar-refractivity contribution is -0.123. The van der Waals surface area contributed by atoms with Crippen LogP contribution in [-0.2, 0) is 4.79 Å². The molecule has 0 spiro atoms. The van der Waals surface area contributed by atoms with Gasteiger partial charge >= 0.3 is 0 Å². The van der Waals surface area contributed by atoms with Gasteiger partial charge in [0.2, 0.25) is 5.91 Å². The van der Waals surface area contributed by atoms with Gasteiger partial charge in [-0.3, -0.25) is 10.1 Å². The highest BCUT2D eigenvalue weighted by Gasteiger charge is 2.20. The van der Waals surface area contributed by atoms with Crippen LogP contribution < -0.4 is 10.6 Å². The maximum absolute atomic E-state index is 11.3. The SMILES string of the molecule is O=C1CCN[C@@H](c2cc(I)c(O)c(I)c2)N1. The molecule has 1 amide bonds. The van der Waals surface area contributed by atoms with Gasteiger partial charge in [0.1, 0.15) is 11.9 Å². The largest absolute Gasteiger partial charge is 0.506 e. The number of carbonyl (C=O) groups is 1. The number of halogens is 2. The molecule has 3 N–H and O–H groups in total. The molecular weight excluding hydrogens is 434 g/mol. The molecule has 2 rings (SSSR count). The van der Waals surface area contributed by atoms with Crippen molar-refractivity contribution in [3.05, 3.63) is 24.8 Å². The highest BCUT2D eigenvalue weighted by Crippen LogP contribution is 2.29. The predicted octanol–water partition coefficient (Wildman–Crippen LogP) is 1.71. The summed E-state index contributed by atoms with van der Waals surface area (Å²) >= 11 is 4.16. The van der Waals surface area contributed by atoms with Gasteiger partial charge in [0.05, 0.1) is 7.14 Å². The van der Waals surface area contributed by atoms with E-state index in [1.165, 1.54) is 0 Å². The molecule has 1 atom stereocenters. The van der Waals surface area contributed by atoms with E-state index in [1.54, 1.807) is 0 Å². The molecule has 1 aromatic carbocycles. The molecule has 0 unspecified atom stereocenters. The smallest absolute Gasteiger partial charge is 0.222 e. The summed E-state index contributed by atoms with van der Waals surface area (Å²) in [5, 5.41) is 15.7. The quantitative estimate of drug-likeness (QED) is 0.579. The molecule has 1 aromatic rings. The van der Waals surface area contributed by atoms with Crippen molar-refractivity contribution in [2.24, 2.45) is 0 Å². The van der Waals surface area contributed by atoms with Crippen molar-refractivity contribution in [3.63, 3.8) is 0 Å². The zero-order chi connectivity index (χ0) is 11.7. The Morgan fingerprint density at radius 1 is 1.31 bits per heavy atom. The zero-order valence-electron chi connectivity index (χ0n) is 8.26. The van der Waals surface area contributed by atoms with E-state index in [9.17, 15) is 9.90 Å². The summed E-state index contributed by atoms with van der Waals surface area (Å²) in [7, 11) is 0. The normalized spacial score (nSPS) is 20.6. The molecule has 0 aromatic heterocycles. The van der Waals surface area contributed by atoms with E-state index >= 15 is 0 Å². The Kier molecular flexibility index (Phi) is 3.90. The summed E-state index contributed by atoms with van der Waals surface area (Å²) in [4.78, 5) is 11.3. The minimum Gasteiger partial charge on any atom is -0.506 e. The first-order valence-electron chi connectivity index (χ1n) is 4.78. The van der Waals surface area contributed by atoms with Crippen molar-refractivity contribution in [1.82, 2.24) is 10.6 Å². The summed E-state index contributed by atoms with van der Waals surface area (Å²) in [6.45, 7) is 0.685. The molecule has 6 heteroatoms. The predicted molar refractivity (Wildman–Crippen MR) is 77.0 cm³/mol. The molecule has 16 heavy (non-hydrogen) atoms. The number of rotatable bonds is 1. The van der Waals surface area contributed by atoms with E-state index in [1.807, 2.05) is 12.1 Å². The third-order valence-corrected chi connectivity index (χ3v) is 4.02. The Morgan fingerprint density at radius 2 is 1.94 bits per heavy atom. The van der Waals surface area contributed by atoms with E-state index < -0.39 is 0 Å². The molecule has 86 valence electrons. The third-order valence-electron chi connectivity index (χ3n) is 2.38. The standard InChI is InChI=1S/C10H10I2N2O2/c11-6-3-5(4-7(12)9(6)16)10-13-2-1-8(15)14-10/h3-4,10,13,16H,1-2H2,(H,14,15)/t10-/m1/s1. The first kappa shape index (κ1) is 12.4. The molecule has 0 saturated carbocycles. The van der Waals surface area contributed by atoms with Crippen LogP contribution in [0.5, 0.6) is 5.75 Å². The number of hydrogen-bond donors (Lipinski definition) is 3. The maximum atomic E-state index is 11.3. The summed E-state index contributed by atoms with van der Waals surface area (Å²) < 4.78 is 1.59. The molecule has 1 heterocycles. The Balaban J connectivity index is 2.30. The summed E-state index contributed by atoms with van der Waals surface area (Å²) in [5.41, 5.74) is 0.972. The van der Waals surface area contributed by atoms with E-state index in [2.05, 4.69) is 55.8 Å². The van der Waals surface area contributed by atoms with Crippen LogP contribution in [0.3, 0.4) is 0 Å². The third kappa shape index (κ3) is 2.59. The van der Waals surface area contributed by atoms with Gasteiger partial charge in [-0.2, -0.15) is 0 Å². The maximum Gasteiger partial charge on any atom is 0.222 e. The van der Waals surface area contributed by atoms with Crippen LogP contribution in [0.1, 0.15) is 18.2 Å². The van der Waals surface area contributed by atoms with Crippen molar-refractivity contribution in [3.8, 4) is 5.75 Å². The fraction of sp³-hybridized carbons (Fsp3) is 0.300. The molecule has 1 saturated heterocycles. The fourth-order valence-corrected chi connectivity index (χ4v) is 3.38. The van der Waals surface area contributed by atoms with Crippen molar-refractivity contribution < 1.29 is 9.90 Å². The van der Waals surface area contributed by atoms with Crippen molar-refractivity contribution >= 4 is 51.1 Å². The Labute approximate surface area is 120 Å². The van der Waals surface area contributed by atoms with Gasteiger partial charge in [0, 0.05) is 13.0 Å². The highest BCUT2D eigenvalue weighted by molar-refractivity contribution is 14.1. The summed E-state index contributed by atoms with van der Waals surface area (Å²) in [5.74, 6) is 0.355. The average Bonchev–Trinajstić information content (AvgIpc) is 2.25. The van der Waals surface area contributed by atoms with E-state index in [0.717, 1.165) is 12.7 Å². The molecular formula is C10H10I2N2O2. The van der Waals surface area contributed by atoms with Gasteiger partial charge in [-0.15, -0.1) is 0 Å². The summed E-state index contributed by atoms with van der Waals surface area (Å²) in [6.07, 6.45) is 0.367. The van der Waals surface area contributed by atoms with Gasteiger partial charge in [0.15, 0.2) is 0 Å². The van der Waals surface area contributed by atoms with Gasteiger partial charge in [0.25, 0.3) is 0 Å². The summed E-state index contributed by atoms with van der Waals surface area (Å²) in [6, 6.07) is 3.75. The number of aromatic hydroxyl groups is 1. The molecule has 0 bridgehead atoms. The van der Waals surface area contributed by atoms with Crippen LogP contribution in [-0.4, -0.2) is 17.6 Å². The molecule has 4 nitrogen and oxygen atoms in total. The lowest BCUT2D eigenvalue weighted by Gasteiger charge is -2.25. The van der Waals surface area contributed by atoms with E-state index in [0.29, 0.717) is 18.7 Å². The molecule has 0 radical (unpaired) electrons. The van der Waals surface area contributed by atoms with Crippen molar-refractivity contribution in [2.45, 2.75) is 12.6 Å². The lowest BCUT2D eigenvalue weighted by Crippen LogP contribution is -2.44. The van der Waals surface area contributed by atoms with Crippen molar-refractivity contribution in [2.75, 3.05) is 6.54 Å². The number of amides is 1. The van der Waals surface area contributed by atoms with Crippen LogP contribution in [0.25, 0.3) is 0 Å². The van der Waals surface area contributed by atoms with Crippen LogP contribution in [0.15, 0.2) is 12.1 Å². The first-order valence-corrected chi connectivity index (χ1v) is 6.94. The van der Waals surface area contributed by atoms with E-state index in [-0.39, 0.29) is 12.1 Å². The minimum atomic E-state index is -0.149. The molecule has 1 fully saturated rings. The number of phenols is 1.